The van der Waals surface area contributed by atoms with E-state index in [-0.39, 0.29) is 16.9 Å². The monoisotopic (exact) mass is 308 g/mol. The van der Waals surface area contributed by atoms with Crippen LogP contribution in [0, 0.1) is 0 Å². The number of benzene rings is 2. The summed E-state index contributed by atoms with van der Waals surface area (Å²) in [6.07, 6.45) is 0.937. The van der Waals surface area contributed by atoms with Crippen molar-refractivity contribution >= 4 is 22.6 Å². The third kappa shape index (κ3) is 3.08. The predicted molar refractivity (Wildman–Crippen MR) is 87.4 cm³/mol. The molecular formula is C18H16N2O3. The van der Waals surface area contributed by atoms with Crippen LogP contribution in [0.5, 0.6) is 5.75 Å². The van der Waals surface area contributed by atoms with Gasteiger partial charge in [-0.3, -0.25) is 4.79 Å². The van der Waals surface area contributed by atoms with Crippen molar-refractivity contribution in [3.05, 3.63) is 65.2 Å². The first-order valence-electron chi connectivity index (χ1n) is 7.27. The molecule has 2 aromatic carbocycles. The number of carbonyl (C=O) groups is 1. The lowest BCUT2D eigenvalue weighted by molar-refractivity contribution is 0.0996. The number of hydrogen-bond acceptors (Lipinski definition) is 4. The van der Waals surface area contributed by atoms with Crippen LogP contribution in [0.25, 0.3) is 11.0 Å². The van der Waals surface area contributed by atoms with Crippen molar-refractivity contribution in [2.75, 3.05) is 0 Å². The Hall–Kier alpha value is -3.08. The smallest absolute Gasteiger partial charge is 0.254 e. The Labute approximate surface area is 132 Å². The largest absolute Gasteiger partial charge is 0.508 e. The van der Waals surface area contributed by atoms with Gasteiger partial charge in [0.25, 0.3) is 5.91 Å². The van der Waals surface area contributed by atoms with Crippen molar-refractivity contribution in [1.29, 1.82) is 0 Å². The average Bonchev–Trinajstić information content (AvgIpc) is 2.54. The van der Waals surface area contributed by atoms with Crippen LogP contribution in [0.1, 0.15) is 22.8 Å². The number of aromatic hydroxyl groups is 1. The molecule has 1 aromatic heterocycles. The molecule has 0 aliphatic carbocycles. The second kappa shape index (κ2) is 5.96. The van der Waals surface area contributed by atoms with E-state index in [1.54, 1.807) is 12.1 Å². The topological polar surface area (TPSA) is 88.8 Å². The number of phenolic OH excluding ortho intramolecular Hbond substituents is 1. The fraction of sp³-hybridized carbons (Fsp3) is 0.111. The zero-order valence-corrected chi connectivity index (χ0v) is 12.6. The van der Waals surface area contributed by atoms with E-state index < -0.39 is 5.91 Å². The number of carbonyl (C=O) groups excluding carboxylic acids is 1. The molecule has 0 aliphatic rings. The summed E-state index contributed by atoms with van der Waals surface area (Å²) >= 11 is 0. The molecule has 3 N–H and O–H groups in total. The molecule has 1 heterocycles. The number of hydrogen-bond donors (Lipinski definition) is 2. The van der Waals surface area contributed by atoms with Crippen molar-refractivity contribution in [3.63, 3.8) is 0 Å². The highest BCUT2D eigenvalue weighted by molar-refractivity contribution is 5.95. The second-order valence-corrected chi connectivity index (χ2v) is 5.18. The number of nitrogens with zero attached hydrogens (tertiary/aromatic N) is 1. The minimum atomic E-state index is -0.618. The van der Waals surface area contributed by atoms with Crippen LogP contribution in [0.2, 0.25) is 0 Å². The summed E-state index contributed by atoms with van der Waals surface area (Å²) in [5, 5.41) is 10.2. The predicted octanol–water partition coefficient (Wildman–Crippen LogP) is 3.03. The molecule has 0 unspecified atom stereocenters. The van der Waals surface area contributed by atoms with Gasteiger partial charge in [0, 0.05) is 11.5 Å². The summed E-state index contributed by atoms with van der Waals surface area (Å²) in [6, 6.07) is 13.9. The quantitative estimate of drug-likeness (QED) is 0.779. The fourth-order valence-electron chi connectivity index (χ4n) is 2.29. The number of primary amides is 1. The maximum atomic E-state index is 11.7. The molecule has 3 aromatic rings. The first-order valence-corrected chi connectivity index (χ1v) is 7.27. The van der Waals surface area contributed by atoms with Crippen molar-refractivity contribution < 1.29 is 14.3 Å². The molecule has 23 heavy (non-hydrogen) atoms. The number of aryl methyl sites for hydroxylation is 1. The Morgan fingerprint density at radius 1 is 1.17 bits per heavy atom. The standard InChI is InChI=1S/C18H16N2O3/c1-2-11-3-6-13(7-4-11)20-18-15(17(19)22)9-12-5-8-14(21)10-16(12)23-18/h3-10,21H,2H2,1H3,(H2,19,22). The fourth-order valence-corrected chi connectivity index (χ4v) is 2.29. The lowest BCUT2D eigenvalue weighted by atomic mass is 10.1. The molecule has 0 radical (unpaired) electrons. The Morgan fingerprint density at radius 2 is 1.91 bits per heavy atom. The molecule has 0 atom stereocenters. The summed E-state index contributed by atoms with van der Waals surface area (Å²) in [6.45, 7) is 2.07. The first kappa shape index (κ1) is 14.8. The van der Waals surface area contributed by atoms with Gasteiger partial charge in [0.15, 0.2) is 0 Å². The van der Waals surface area contributed by atoms with Gasteiger partial charge in [0.2, 0.25) is 5.55 Å². The molecule has 0 saturated carbocycles. The molecule has 5 nitrogen and oxygen atoms in total. The van der Waals surface area contributed by atoms with Crippen LogP contribution in [-0.2, 0) is 6.42 Å². The highest BCUT2D eigenvalue weighted by atomic mass is 16.3. The van der Waals surface area contributed by atoms with E-state index in [1.807, 2.05) is 24.3 Å². The van der Waals surface area contributed by atoms with Crippen LogP contribution in [0.3, 0.4) is 0 Å². The van der Waals surface area contributed by atoms with Crippen LogP contribution >= 0.6 is 0 Å². The van der Waals surface area contributed by atoms with Gasteiger partial charge >= 0.3 is 0 Å². The normalized spacial score (nSPS) is 11.8. The highest BCUT2D eigenvalue weighted by Gasteiger charge is 2.09. The van der Waals surface area contributed by atoms with Gasteiger partial charge in [0.1, 0.15) is 16.9 Å². The Bertz CT molecular complexity index is 941. The summed E-state index contributed by atoms with van der Waals surface area (Å²) in [5.74, 6) is -0.543. The van der Waals surface area contributed by atoms with E-state index in [9.17, 15) is 9.90 Å². The lowest BCUT2D eigenvalue weighted by Gasteiger charge is -2.03. The molecule has 0 fully saturated rings. The zero-order chi connectivity index (χ0) is 16.4. The van der Waals surface area contributed by atoms with Gasteiger partial charge in [-0.2, -0.15) is 0 Å². The number of amides is 1. The molecule has 5 heteroatoms. The summed E-state index contributed by atoms with van der Waals surface area (Å²) in [5.41, 5.74) is 8.03. The van der Waals surface area contributed by atoms with Crippen LogP contribution in [0.15, 0.2) is 57.9 Å². The number of nitrogens with two attached hydrogens (primary N) is 1. The Morgan fingerprint density at radius 3 is 2.57 bits per heavy atom. The van der Waals surface area contributed by atoms with Gasteiger partial charge in [0.05, 0.1) is 5.69 Å². The molecule has 3 rings (SSSR count). The number of fused-ring (bicyclic) bond motifs is 1. The third-order valence-corrected chi connectivity index (χ3v) is 3.57. The Kier molecular flexibility index (Phi) is 3.85. The van der Waals surface area contributed by atoms with Crippen LogP contribution in [0.4, 0.5) is 5.69 Å². The molecule has 0 bridgehead atoms. The molecule has 1 amide bonds. The molecule has 0 saturated heterocycles. The van der Waals surface area contributed by atoms with Crippen LogP contribution < -0.4 is 11.3 Å². The average molecular weight is 308 g/mol. The zero-order valence-electron chi connectivity index (χ0n) is 12.6. The van der Waals surface area contributed by atoms with Crippen molar-refractivity contribution in [3.8, 4) is 5.75 Å². The van der Waals surface area contributed by atoms with Gasteiger partial charge in [-0.1, -0.05) is 19.1 Å². The highest BCUT2D eigenvalue weighted by Crippen LogP contribution is 2.20. The van der Waals surface area contributed by atoms with Crippen molar-refractivity contribution in [2.24, 2.45) is 10.7 Å². The lowest BCUT2D eigenvalue weighted by Crippen LogP contribution is -2.21. The minimum Gasteiger partial charge on any atom is -0.508 e. The second-order valence-electron chi connectivity index (χ2n) is 5.18. The first-order chi connectivity index (χ1) is 11.1. The van der Waals surface area contributed by atoms with E-state index in [0.29, 0.717) is 16.7 Å². The third-order valence-electron chi connectivity index (χ3n) is 3.57. The van der Waals surface area contributed by atoms with Gasteiger partial charge in [-0.15, -0.1) is 0 Å². The summed E-state index contributed by atoms with van der Waals surface area (Å²) in [4.78, 5) is 16.0. The van der Waals surface area contributed by atoms with E-state index in [2.05, 4.69) is 11.9 Å². The molecule has 0 spiro atoms. The van der Waals surface area contributed by atoms with Crippen LogP contribution in [-0.4, -0.2) is 11.0 Å². The summed E-state index contributed by atoms with van der Waals surface area (Å²) < 4.78 is 5.67. The molecule has 116 valence electrons. The van der Waals surface area contributed by atoms with E-state index in [1.165, 1.54) is 17.7 Å². The number of phenols is 1. The SMILES string of the molecule is CCc1ccc(N=c2oc3cc(O)ccc3cc2C(N)=O)cc1. The van der Waals surface area contributed by atoms with Gasteiger partial charge < -0.3 is 15.3 Å². The van der Waals surface area contributed by atoms with E-state index in [4.69, 9.17) is 10.2 Å². The number of rotatable bonds is 3. The van der Waals surface area contributed by atoms with Gasteiger partial charge in [-0.05, 0) is 42.3 Å². The van der Waals surface area contributed by atoms with E-state index in [0.717, 1.165) is 6.42 Å². The maximum Gasteiger partial charge on any atom is 0.254 e. The molecular weight excluding hydrogens is 292 g/mol. The minimum absolute atomic E-state index is 0.0753. The molecule has 0 aliphatic heterocycles. The maximum absolute atomic E-state index is 11.7. The van der Waals surface area contributed by atoms with Crippen molar-refractivity contribution in [2.45, 2.75) is 13.3 Å². The summed E-state index contributed by atoms with van der Waals surface area (Å²) in [7, 11) is 0. The van der Waals surface area contributed by atoms with Crippen molar-refractivity contribution in [1.82, 2.24) is 0 Å². The van der Waals surface area contributed by atoms with E-state index >= 15 is 0 Å². The Balaban J connectivity index is 2.22. The van der Waals surface area contributed by atoms with Gasteiger partial charge in [-0.25, -0.2) is 4.99 Å².